The van der Waals surface area contributed by atoms with Gasteiger partial charge in [-0.05, 0) is 36.6 Å². The van der Waals surface area contributed by atoms with Crippen molar-refractivity contribution in [2.75, 3.05) is 13.1 Å². The van der Waals surface area contributed by atoms with Crippen molar-refractivity contribution in [3.8, 4) is 0 Å². The van der Waals surface area contributed by atoms with Crippen molar-refractivity contribution in [2.24, 2.45) is 5.92 Å². The zero-order chi connectivity index (χ0) is 16.6. The third-order valence-electron chi connectivity index (χ3n) is 3.17. The van der Waals surface area contributed by atoms with Crippen molar-refractivity contribution < 1.29 is 13.2 Å². The Morgan fingerprint density at radius 1 is 1.14 bits per heavy atom. The number of hydrogen-bond acceptors (Lipinski definition) is 3. The smallest absolute Gasteiger partial charge is 0.251 e. The van der Waals surface area contributed by atoms with Crippen LogP contribution >= 0.6 is 0 Å². The number of amides is 1. The van der Waals surface area contributed by atoms with Gasteiger partial charge in [0, 0.05) is 18.7 Å². The highest BCUT2D eigenvalue weighted by molar-refractivity contribution is 7.89. The fraction of sp³-hybridized carbons (Fsp3) is 0.562. The molecule has 0 aliphatic heterocycles. The summed E-state index contributed by atoms with van der Waals surface area (Å²) in [5, 5.41) is 2.83. The molecule has 0 spiro atoms. The monoisotopic (exact) mass is 326 g/mol. The molecule has 22 heavy (non-hydrogen) atoms. The lowest BCUT2D eigenvalue weighted by atomic mass is 10.2. The lowest BCUT2D eigenvalue weighted by Gasteiger charge is -2.09. The third kappa shape index (κ3) is 6.15. The van der Waals surface area contributed by atoms with E-state index in [-0.39, 0.29) is 16.7 Å². The van der Waals surface area contributed by atoms with Gasteiger partial charge in [-0.25, -0.2) is 13.1 Å². The van der Waals surface area contributed by atoms with Crippen LogP contribution in [-0.2, 0) is 10.0 Å². The van der Waals surface area contributed by atoms with Gasteiger partial charge in [0.25, 0.3) is 5.91 Å². The second kappa shape index (κ2) is 8.90. The molecule has 1 rings (SSSR count). The SMILES string of the molecule is CCCCCNC(=O)c1ccc(S(=O)(=O)NCC(C)C)cc1. The van der Waals surface area contributed by atoms with Gasteiger partial charge in [0.15, 0.2) is 0 Å². The largest absolute Gasteiger partial charge is 0.352 e. The van der Waals surface area contributed by atoms with Crippen molar-refractivity contribution >= 4 is 15.9 Å². The van der Waals surface area contributed by atoms with Gasteiger partial charge >= 0.3 is 0 Å². The summed E-state index contributed by atoms with van der Waals surface area (Å²) in [7, 11) is -3.50. The molecular weight excluding hydrogens is 300 g/mol. The van der Waals surface area contributed by atoms with Gasteiger partial charge in [-0.1, -0.05) is 33.6 Å². The molecule has 5 nitrogen and oxygen atoms in total. The molecule has 0 fully saturated rings. The number of benzene rings is 1. The highest BCUT2D eigenvalue weighted by Gasteiger charge is 2.15. The van der Waals surface area contributed by atoms with Gasteiger partial charge in [-0.3, -0.25) is 4.79 Å². The van der Waals surface area contributed by atoms with E-state index < -0.39 is 10.0 Å². The van der Waals surface area contributed by atoms with E-state index in [9.17, 15) is 13.2 Å². The summed E-state index contributed by atoms with van der Waals surface area (Å²) < 4.78 is 26.6. The van der Waals surface area contributed by atoms with Gasteiger partial charge in [0.05, 0.1) is 4.90 Å². The van der Waals surface area contributed by atoms with Gasteiger partial charge < -0.3 is 5.32 Å². The van der Waals surface area contributed by atoms with Crippen LogP contribution < -0.4 is 10.0 Å². The molecule has 6 heteroatoms. The maximum absolute atomic E-state index is 12.1. The normalized spacial score (nSPS) is 11.6. The zero-order valence-electron chi connectivity index (χ0n) is 13.6. The molecule has 124 valence electrons. The minimum Gasteiger partial charge on any atom is -0.352 e. The van der Waals surface area contributed by atoms with E-state index in [4.69, 9.17) is 0 Å². The maximum atomic E-state index is 12.1. The minimum atomic E-state index is -3.50. The average molecular weight is 326 g/mol. The molecule has 0 atom stereocenters. The van der Waals surface area contributed by atoms with Gasteiger partial charge in [-0.2, -0.15) is 0 Å². The fourth-order valence-electron chi connectivity index (χ4n) is 1.82. The van der Waals surface area contributed by atoms with E-state index in [1.807, 2.05) is 13.8 Å². The number of carbonyl (C=O) groups excluding carboxylic acids is 1. The number of unbranched alkanes of at least 4 members (excludes halogenated alkanes) is 2. The molecule has 2 N–H and O–H groups in total. The number of nitrogens with one attached hydrogen (secondary N) is 2. The van der Waals surface area contributed by atoms with E-state index in [1.54, 1.807) is 12.1 Å². The predicted octanol–water partition coefficient (Wildman–Crippen LogP) is 2.54. The van der Waals surface area contributed by atoms with E-state index in [0.29, 0.717) is 18.7 Å². The maximum Gasteiger partial charge on any atom is 0.251 e. The number of sulfonamides is 1. The highest BCUT2D eigenvalue weighted by Crippen LogP contribution is 2.11. The Bertz CT molecular complexity index is 566. The van der Waals surface area contributed by atoms with E-state index >= 15 is 0 Å². The molecular formula is C16H26N2O3S. The summed E-state index contributed by atoms with van der Waals surface area (Å²) >= 11 is 0. The van der Waals surface area contributed by atoms with Crippen molar-refractivity contribution in [2.45, 2.75) is 44.9 Å². The van der Waals surface area contributed by atoms with Crippen LogP contribution in [0, 0.1) is 5.92 Å². The number of carbonyl (C=O) groups is 1. The highest BCUT2D eigenvalue weighted by atomic mass is 32.2. The Hall–Kier alpha value is -1.40. The van der Waals surface area contributed by atoms with E-state index in [2.05, 4.69) is 17.0 Å². The number of rotatable bonds is 9. The van der Waals surface area contributed by atoms with Crippen molar-refractivity contribution in [1.82, 2.24) is 10.0 Å². The van der Waals surface area contributed by atoms with E-state index in [0.717, 1.165) is 19.3 Å². The molecule has 0 unspecified atom stereocenters. The van der Waals surface area contributed by atoms with Crippen LogP contribution in [0.25, 0.3) is 0 Å². The predicted molar refractivity (Wildman–Crippen MR) is 88.3 cm³/mol. The van der Waals surface area contributed by atoms with Crippen molar-refractivity contribution in [1.29, 1.82) is 0 Å². The Kier molecular flexibility index (Phi) is 7.55. The second-order valence-corrected chi connectivity index (χ2v) is 7.50. The molecule has 0 radical (unpaired) electrons. The standard InChI is InChI=1S/C16H26N2O3S/c1-4-5-6-11-17-16(19)14-7-9-15(10-8-14)22(20,21)18-12-13(2)3/h7-10,13,18H,4-6,11-12H2,1-3H3,(H,17,19). The summed E-state index contributed by atoms with van der Waals surface area (Å²) in [6.07, 6.45) is 3.14. The van der Waals surface area contributed by atoms with Gasteiger partial charge in [0.1, 0.15) is 0 Å². The topological polar surface area (TPSA) is 75.3 Å². The van der Waals surface area contributed by atoms with E-state index in [1.165, 1.54) is 12.1 Å². The van der Waals surface area contributed by atoms with Gasteiger partial charge in [0.2, 0.25) is 10.0 Å². The first-order valence-corrected chi connectivity index (χ1v) is 9.23. The zero-order valence-corrected chi connectivity index (χ0v) is 14.4. The van der Waals surface area contributed by atoms with Crippen LogP contribution in [0.2, 0.25) is 0 Å². The first kappa shape index (κ1) is 18.6. The molecule has 1 amide bonds. The lowest BCUT2D eigenvalue weighted by molar-refractivity contribution is 0.0953. The van der Waals surface area contributed by atoms with Crippen LogP contribution in [0.4, 0.5) is 0 Å². The summed E-state index contributed by atoms with van der Waals surface area (Å²) in [4.78, 5) is 12.1. The lowest BCUT2D eigenvalue weighted by Crippen LogP contribution is -2.28. The van der Waals surface area contributed by atoms with Crippen LogP contribution in [-0.4, -0.2) is 27.4 Å². The Morgan fingerprint density at radius 2 is 1.77 bits per heavy atom. The quantitative estimate of drug-likeness (QED) is 0.685. The first-order chi connectivity index (χ1) is 10.4. The average Bonchev–Trinajstić information content (AvgIpc) is 2.49. The summed E-state index contributed by atoms with van der Waals surface area (Å²) in [5.41, 5.74) is 0.472. The molecule has 0 saturated carbocycles. The Labute approximate surface area is 133 Å². The molecule has 0 heterocycles. The molecule has 0 saturated heterocycles. The third-order valence-corrected chi connectivity index (χ3v) is 4.61. The van der Waals surface area contributed by atoms with Gasteiger partial charge in [-0.15, -0.1) is 0 Å². The molecule has 0 aliphatic carbocycles. The molecule has 0 aliphatic rings. The summed E-state index contributed by atoms with van der Waals surface area (Å²) in [6, 6.07) is 6.01. The fourth-order valence-corrected chi connectivity index (χ4v) is 3.04. The summed E-state index contributed by atoms with van der Waals surface area (Å²) in [6.45, 7) is 7.02. The van der Waals surface area contributed by atoms with Crippen molar-refractivity contribution in [3.05, 3.63) is 29.8 Å². The molecule has 0 bridgehead atoms. The Balaban J connectivity index is 2.64. The molecule has 1 aromatic carbocycles. The van der Waals surface area contributed by atoms with Crippen molar-refractivity contribution in [3.63, 3.8) is 0 Å². The molecule has 1 aromatic rings. The summed E-state index contributed by atoms with van der Waals surface area (Å²) in [5.74, 6) is 0.0677. The first-order valence-electron chi connectivity index (χ1n) is 7.74. The second-order valence-electron chi connectivity index (χ2n) is 5.73. The van der Waals surface area contributed by atoms with Crippen LogP contribution in [0.3, 0.4) is 0 Å². The number of hydrogen-bond donors (Lipinski definition) is 2. The Morgan fingerprint density at radius 3 is 2.32 bits per heavy atom. The van der Waals surface area contributed by atoms with Crippen LogP contribution in [0.5, 0.6) is 0 Å². The van der Waals surface area contributed by atoms with Crippen LogP contribution in [0.1, 0.15) is 50.4 Å². The minimum absolute atomic E-state index is 0.171. The molecule has 0 aromatic heterocycles. The van der Waals surface area contributed by atoms with Crippen LogP contribution in [0.15, 0.2) is 29.2 Å².